The van der Waals surface area contributed by atoms with E-state index < -0.39 is 23.9 Å². The molecule has 1 amide bonds. The van der Waals surface area contributed by atoms with Gasteiger partial charge in [0.2, 0.25) is 5.91 Å². The molecule has 1 atom stereocenters. The molecule has 35 heavy (non-hydrogen) atoms. The lowest BCUT2D eigenvalue weighted by Crippen LogP contribution is -2.34. The maximum Gasteiger partial charge on any atom is 0.320 e. The van der Waals surface area contributed by atoms with Crippen LogP contribution in [0.1, 0.15) is 115 Å². The van der Waals surface area contributed by atoms with Gasteiger partial charge in [-0.3, -0.25) is 14.4 Å². The van der Waals surface area contributed by atoms with Crippen LogP contribution in [-0.2, 0) is 30.3 Å². The normalized spacial score (nSPS) is 11.8. The molecule has 0 radical (unpaired) electrons. The molecule has 0 saturated heterocycles. The smallest absolute Gasteiger partial charge is 0.320 e. The highest BCUT2D eigenvalue weighted by molar-refractivity contribution is 5.95. The third kappa shape index (κ3) is 13.3. The van der Waals surface area contributed by atoms with E-state index in [9.17, 15) is 14.4 Å². The van der Waals surface area contributed by atoms with E-state index in [4.69, 9.17) is 9.47 Å². The van der Waals surface area contributed by atoms with Gasteiger partial charge in [-0.25, -0.2) is 0 Å². The van der Waals surface area contributed by atoms with Crippen LogP contribution in [0, 0.1) is 5.92 Å². The molecule has 6 heteroatoms. The number of hydrogen-bond donors (Lipinski definition) is 1. The molecule has 1 unspecified atom stereocenters. The van der Waals surface area contributed by atoms with Crippen molar-refractivity contribution >= 4 is 17.8 Å². The van der Waals surface area contributed by atoms with Crippen LogP contribution in [0.25, 0.3) is 0 Å². The van der Waals surface area contributed by atoms with Gasteiger partial charge in [0.1, 0.15) is 0 Å². The molecule has 0 aliphatic carbocycles. The summed E-state index contributed by atoms with van der Waals surface area (Å²) in [5.74, 6) is -2.56. The number of ether oxygens (including phenoxy) is 2. The highest BCUT2D eigenvalue weighted by Gasteiger charge is 2.33. The standard InChI is InChI=1S/C29H47NO5/c1-5-8-9-10-11-12-13-14-15-16-17-24-18-20-25(21-19-24)27(30-23(4)31)22-26(28(32)34-6-2)29(33)35-7-3/h18-21,26-27H,5-17,22H2,1-4H3,(H,30,31). The SMILES string of the molecule is CCCCCCCCCCCCc1ccc(C(CC(C(=O)OCC)C(=O)OCC)NC(C)=O)cc1. The zero-order valence-electron chi connectivity index (χ0n) is 22.4. The van der Waals surface area contributed by atoms with Gasteiger partial charge in [-0.2, -0.15) is 0 Å². The van der Waals surface area contributed by atoms with Gasteiger partial charge in [0.25, 0.3) is 0 Å². The van der Waals surface area contributed by atoms with Gasteiger partial charge in [-0.1, -0.05) is 89.0 Å². The Hall–Kier alpha value is -2.37. The summed E-state index contributed by atoms with van der Waals surface area (Å²) in [6.45, 7) is 7.41. The van der Waals surface area contributed by atoms with Crippen LogP contribution in [0.3, 0.4) is 0 Å². The monoisotopic (exact) mass is 489 g/mol. The second kappa shape index (κ2) is 18.9. The van der Waals surface area contributed by atoms with Crippen LogP contribution in [0.15, 0.2) is 24.3 Å². The average Bonchev–Trinajstić information content (AvgIpc) is 2.83. The van der Waals surface area contributed by atoms with Crippen molar-refractivity contribution in [3.05, 3.63) is 35.4 Å². The molecule has 1 aromatic rings. The summed E-state index contributed by atoms with van der Waals surface area (Å²) in [7, 11) is 0. The Balaban J connectivity index is 2.61. The van der Waals surface area contributed by atoms with Gasteiger partial charge >= 0.3 is 11.9 Å². The number of carbonyl (C=O) groups excluding carboxylic acids is 3. The summed E-state index contributed by atoms with van der Waals surface area (Å²) in [4.78, 5) is 36.6. The number of amides is 1. The van der Waals surface area contributed by atoms with Crippen LogP contribution in [0.5, 0.6) is 0 Å². The summed E-state index contributed by atoms with van der Waals surface area (Å²) in [5.41, 5.74) is 2.10. The number of nitrogens with one attached hydrogen (secondary N) is 1. The number of esters is 2. The summed E-state index contributed by atoms with van der Waals surface area (Å²) in [6.07, 6.45) is 14.3. The van der Waals surface area contributed by atoms with Gasteiger partial charge < -0.3 is 14.8 Å². The summed E-state index contributed by atoms with van der Waals surface area (Å²) in [6, 6.07) is 7.60. The Kier molecular flexibility index (Phi) is 16.6. The quantitative estimate of drug-likeness (QED) is 0.137. The molecular formula is C29H47NO5. The molecule has 6 nitrogen and oxygen atoms in total. The van der Waals surface area contributed by atoms with Crippen LogP contribution >= 0.6 is 0 Å². The Labute approximate surface area is 212 Å². The first-order chi connectivity index (χ1) is 16.9. The van der Waals surface area contributed by atoms with Crippen LogP contribution in [0.2, 0.25) is 0 Å². The van der Waals surface area contributed by atoms with Crippen molar-refractivity contribution < 1.29 is 23.9 Å². The lowest BCUT2D eigenvalue weighted by atomic mass is 9.93. The minimum Gasteiger partial charge on any atom is -0.465 e. The first-order valence-electron chi connectivity index (χ1n) is 13.6. The second-order valence-corrected chi connectivity index (χ2v) is 9.22. The van der Waals surface area contributed by atoms with E-state index in [2.05, 4.69) is 24.4 Å². The van der Waals surface area contributed by atoms with Crippen molar-refractivity contribution in [2.24, 2.45) is 5.92 Å². The fourth-order valence-corrected chi connectivity index (χ4v) is 4.27. The minimum absolute atomic E-state index is 0.0923. The Bertz CT molecular complexity index is 713. The molecule has 0 aromatic heterocycles. The number of unbranched alkanes of at least 4 members (excludes halogenated alkanes) is 9. The summed E-state index contributed by atoms with van der Waals surface area (Å²) < 4.78 is 10.2. The third-order valence-corrected chi connectivity index (χ3v) is 6.19. The zero-order chi connectivity index (χ0) is 25.9. The molecule has 0 heterocycles. The Morgan fingerprint density at radius 3 is 1.69 bits per heavy atom. The number of aryl methyl sites for hydroxylation is 1. The predicted molar refractivity (Wildman–Crippen MR) is 140 cm³/mol. The first kappa shape index (κ1) is 30.7. The maximum absolute atomic E-state index is 12.4. The van der Waals surface area contributed by atoms with E-state index in [1.165, 1.54) is 70.3 Å². The number of carbonyl (C=O) groups is 3. The van der Waals surface area contributed by atoms with Crippen molar-refractivity contribution in [3.63, 3.8) is 0 Å². The molecule has 1 aromatic carbocycles. The number of hydrogen-bond acceptors (Lipinski definition) is 5. The van der Waals surface area contributed by atoms with Crippen molar-refractivity contribution in [3.8, 4) is 0 Å². The molecule has 198 valence electrons. The second-order valence-electron chi connectivity index (χ2n) is 9.22. The van der Waals surface area contributed by atoms with Gasteiger partial charge in [0, 0.05) is 6.92 Å². The van der Waals surface area contributed by atoms with Crippen LogP contribution in [0.4, 0.5) is 0 Å². The highest BCUT2D eigenvalue weighted by Crippen LogP contribution is 2.25. The lowest BCUT2D eigenvalue weighted by Gasteiger charge is -2.23. The fraction of sp³-hybridized carbons (Fsp3) is 0.690. The van der Waals surface area contributed by atoms with Crippen molar-refractivity contribution in [1.29, 1.82) is 0 Å². The van der Waals surface area contributed by atoms with E-state index in [-0.39, 0.29) is 25.5 Å². The predicted octanol–water partition coefficient (Wildman–Crippen LogP) is 6.46. The molecule has 0 fully saturated rings. The summed E-state index contributed by atoms with van der Waals surface area (Å²) >= 11 is 0. The average molecular weight is 490 g/mol. The van der Waals surface area contributed by atoms with Crippen LogP contribution in [-0.4, -0.2) is 31.1 Å². The molecular weight excluding hydrogens is 442 g/mol. The number of rotatable bonds is 19. The Morgan fingerprint density at radius 1 is 0.743 bits per heavy atom. The zero-order valence-corrected chi connectivity index (χ0v) is 22.4. The van der Waals surface area contributed by atoms with E-state index in [0.29, 0.717) is 0 Å². The fourth-order valence-electron chi connectivity index (χ4n) is 4.27. The molecule has 1 N–H and O–H groups in total. The van der Waals surface area contributed by atoms with E-state index >= 15 is 0 Å². The molecule has 0 saturated carbocycles. The van der Waals surface area contributed by atoms with Gasteiger partial charge in [0.05, 0.1) is 19.3 Å². The molecule has 1 rings (SSSR count). The Morgan fingerprint density at radius 2 is 1.23 bits per heavy atom. The topological polar surface area (TPSA) is 81.7 Å². The number of benzene rings is 1. The molecule has 0 spiro atoms. The third-order valence-electron chi connectivity index (χ3n) is 6.19. The van der Waals surface area contributed by atoms with Crippen molar-refractivity contribution in [2.45, 2.75) is 111 Å². The van der Waals surface area contributed by atoms with Crippen molar-refractivity contribution in [1.82, 2.24) is 5.32 Å². The molecule has 0 bridgehead atoms. The summed E-state index contributed by atoms with van der Waals surface area (Å²) in [5, 5.41) is 2.87. The molecule has 0 aliphatic heterocycles. The van der Waals surface area contributed by atoms with Crippen LogP contribution < -0.4 is 5.32 Å². The minimum atomic E-state index is -1.09. The lowest BCUT2D eigenvalue weighted by molar-refractivity contribution is -0.162. The van der Waals surface area contributed by atoms with Gasteiger partial charge in [-0.05, 0) is 44.2 Å². The van der Waals surface area contributed by atoms with E-state index in [0.717, 1.165) is 18.4 Å². The van der Waals surface area contributed by atoms with E-state index in [1.807, 2.05) is 12.1 Å². The van der Waals surface area contributed by atoms with Crippen molar-refractivity contribution in [2.75, 3.05) is 13.2 Å². The van der Waals surface area contributed by atoms with Gasteiger partial charge in [0.15, 0.2) is 5.92 Å². The first-order valence-corrected chi connectivity index (χ1v) is 13.6. The highest BCUT2D eigenvalue weighted by atomic mass is 16.6. The largest absolute Gasteiger partial charge is 0.465 e. The molecule has 0 aliphatic rings. The maximum atomic E-state index is 12.4. The van der Waals surface area contributed by atoms with Gasteiger partial charge in [-0.15, -0.1) is 0 Å². The van der Waals surface area contributed by atoms with E-state index in [1.54, 1.807) is 13.8 Å².